The molecule has 1 atom stereocenters. The lowest BCUT2D eigenvalue weighted by Gasteiger charge is -2.29. The minimum absolute atomic E-state index is 0.0717. The number of piperidine rings is 1. The minimum atomic E-state index is 0.0717. The van der Waals surface area contributed by atoms with Gasteiger partial charge in [-0.15, -0.1) is 11.3 Å². The van der Waals surface area contributed by atoms with Crippen LogP contribution in [-0.2, 0) is 19.4 Å². The second kappa shape index (κ2) is 6.02. The number of H-pyrrole nitrogens is 1. The van der Waals surface area contributed by atoms with Crippen LogP contribution in [0.15, 0.2) is 4.79 Å². The van der Waals surface area contributed by atoms with Gasteiger partial charge < -0.3 is 4.98 Å². The molecule has 0 radical (unpaired) electrons. The van der Waals surface area contributed by atoms with E-state index >= 15 is 0 Å². The van der Waals surface area contributed by atoms with Crippen molar-refractivity contribution in [3.63, 3.8) is 0 Å². The Morgan fingerprint density at radius 1 is 1.22 bits per heavy atom. The van der Waals surface area contributed by atoms with Crippen LogP contribution >= 0.6 is 11.3 Å². The number of hydrogen-bond acceptors (Lipinski definition) is 4. The maximum atomic E-state index is 12.6. The Morgan fingerprint density at radius 2 is 2.00 bits per heavy atom. The van der Waals surface area contributed by atoms with Crippen LogP contribution in [0.5, 0.6) is 0 Å². The normalized spacial score (nSPS) is 23.3. The van der Waals surface area contributed by atoms with Gasteiger partial charge in [0.05, 0.1) is 11.9 Å². The van der Waals surface area contributed by atoms with Crippen molar-refractivity contribution in [1.29, 1.82) is 0 Å². The van der Waals surface area contributed by atoms with Gasteiger partial charge in [-0.2, -0.15) is 0 Å². The summed E-state index contributed by atoms with van der Waals surface area (Å²) >= 11 is 1.74. The van der Waals surface area contributed by atoms with E-state index in [0.717, 1.165) is 60.4 Å². The Labute approximate surface area is 140 Å². The molecule has 0 saturated carbocycles. The molecule has 0 aromatic carbocycles. The van der Waals surface area contributed by atoms with Crippen LogP contribution < -0.4 is 5.56 Å². The number of nitrogens with one attached hydrogen (secondary N) is 1. The van der Waals surface area contributed by atoms with Gasteiger partial charge in [0.2, 0.25) is 0 Å². The lowest BCUT2D eigenvalue weighted by Crippen LogP contribution is -2.33. The van der Waals surface area contributed by atoms with Crippen LogP contribution in [0.2, 0.25) is 0 Å². The van der Waals surface area contributed by atoms with E-state index in [4.69, 9.17) is 4.98 Å². The molecular weight excluding hydrogens is 306 g/mol. The minimum Gasteiger partial charge on any atom is -0.309 e. The van der Waals surface area contributed by atoms with E-state index in [1.807, 2.05) is 0 Å². The Bertz CT molecular complexity index is 770. The summed E-state index contributed by atoms with van der Waals surface area (Å²) < 4.78 is 0. The maximum absolute atomic E-state index is 12.6. The van der Waals surface area contributed by atoms with Crippen LogP contribution in [0.1, 0.15) is 49.4 Å². The summed E-state index contributed by atoms with van der Waals surface area (Å²) in [5, 5.41) is 0.868. The quantitative estimate of drug-likeness (QED) is 0.918. The summed E-state index contributed by atoms with van der Waals surface area (Å²) in [5.74, 6) is 2.39. The third kappa shape index (κ3) is 2.96. The summed E-state index contributed by atoms with van der Waals surface area (Å²) in [6.45, 7) is 7.62. The highest BCUT2D eigenvalue weighted by molar-refractivity contribution is 7.18. The van der Waals surface area contributed by atoms with Crippen LogP contribution in [0, 0.1) is 11.8 Å². The van der Waals surface area contributed by atoms with Gasteiger partial charge in [0.1, 0.15) is 10.7 Å². The molecule has 2 aliphatic rings. The van der Waals surface area contributed by atoms with Gasteiger partial charge >= 0.3 is 0 Å². The number of aromatic nitrogens is 2. The molecule has 5 heteroatoms. The molecule has 2 aromatic rings. The second-order valence-electron chi connectivity index (χ2n) is 7.50. The van der Waals surface area contributed by atoms with Crippen LogP contribution in [0.3, 0.4) is 0 Å². The molecule has 0 amide bonds. The average molecular weight is 331 g/mol. The first-order valence-corrected chi connectivity index (χ1v) is 9.67. The van der Waals surface area contributed by atoms with Gasteiger partial charge in [0, 0.05) is 4.88 Å². The number of hydrogen-bond donors (Lipinski definition) is 1. The molecule has 4 nitrogen and oxygen atoms in total. The molecule has 1 N–H and O–H groups in total. The van der Waals surface area contributed by atoms with Crippen LogP contribution in [-0.4, -0.2) is 28.0 Å². The number of rotatable bonds is 2. The van der Waals surface area contributed by atoms with E-state index in [9.17, 15) is 4.79 Å². The topological polar surface area (TPSA) is 49.0 Å². The van der Waals surface area contributed by atoms with Crippen molar-refractivity contribution in [3.05, 3.63) is 26.6 Å². The van der Waals surface area contributed by atoms with E-state index in [-0.39, 0.29) is 5.56 Å². The van der Waals surface area contributed by atoms with Crippen LogP contribution in [0.25, 0.3) is 10.2 Å². The summed E-state index contributed by atoms with van der Waals surface area (Å²) in [5.41, 5.74) is 1.35. The third-order valence-electron chi connectivity index (χ3n) is 5.46. The number of nitrogens with zero attached hydrogens (tertiary/aromatic N) is 2. The van der Waals surface area contributed by atoms with E-state index < -0.39 is 0 Å². The first-order valence-electron chi connectivity index (χ1n) is 8.86. The zero-order valence-electron chi connectivity index (χ0n) is 14.0. The van der Waals surface area contributed by atoms with Gasteiger partial charge in [0.25, 0.3) is 5.56 Å². The van der Waals surface area contributed by atoms with E-state index in [1.165, 1.54) is 29.7 Å². The largest absolute Gasteiger partial charge is 0.309 e. The Hall–Kier alpha value is -1.20. The Morgan fingerprint density at radius 3 is 2.78 bits per heavy atom. The van der Waals surface area contributed by atoms with E-state index in [1.54, 1.807) is 11.3 Å². The number of aromatic amines is 1. The van der Waals surface area contributed by atoms with Crippen molar-refractivity contribution >= 4 is 21.6 Å². The molecule has 2 aromatic heterocycles. The molecule has 1 aliphatic carbocycles. The number of likely N-dealkylation sites (tertiary alicyclic amines) is 1. The predicted octanol–water partition coefficient (Wildman–Crippen LogP) is 3.34. The molecule has 3 heterocycles. The highest BCUT2D eigenvalue weighted by atomic mass is 32.1. The van der Waals surface area contributed by atoms with Crippen molar-refractivity contribution in [2.45, 2.75) is 52.5 Å². The van der Waals surface area contributed by atoms with Crippen LogP contribution in [0.4, 0.5) is 0 Å². The maximum Gasteiger partial charge on any atom is 0.259 e. The molecule has 23 heavy (non-hydrogen) atoms. The zero-order chi connectivity index (χ0) is 16.0. The van der Waals surface area contributed by atoms with Gasteiger partial charge in [0.15, 0.2) is 0 Å². The summed E-state index contributed by atoms with van der Waals surface area (Å²) in [6, 6.07) is 0. The summed E-state index contributed by atoms with van der Waals surface area (Å²) in [7, 11) is 0. The molecule has 124 valence electrons. The van der Waals surface area contributed by atoms with Crippen molar-refractivity contribution in [2.75, 3.05) is 13.1 Å². The SMILES string of the molecule is CC1CCN(Cc2nc3sc4c(c3c(=O)[nH]2)CCC(C)C4)CC1. The van der Waals surface area contributed by atoms with Gasteiger partial charge in [-0.05, 0) is 62.6 Å². The first kappa shape index (κ1) is 15.3. The number of thiophene rings is 1. The number of aryl methyl sites for hydroxylation is 1. The predicted molar refractivity (Wildman–Crippen MR) is 95.1 cm³/mol. The van der Waals surface area contributed by atoms with Gasteiger partial charge in [-0.3, -0.25) is 9.69 Å². The molecule has 1 fully saturated rings. The van der Waals surface area contributed by atoms with Gasteiger partial charge in [-0.1, -0.05) is 13.8 Å². The zero-order valence-corrected chi connectivity index (χ0v) is 14.8. The Balaban J connectivity index is 1.64. The summed E-state index contributed by atoms with van der Waals surface area (Å²) in [4.78, 5) is 25.2. The highest BCUT2D eigenvalue weighted by Crippen LogP contribution is 2.35. The standard InChI is InChI=1S/C18H25N3OS/c1-11-5-7-21(8-6-11)10-15-19-17(22)16-13-4-3-12(2)9-14(13)23-18(16)20-15/h11-12H,3-10H2,1-2H3,(H,19,20,22). The second-order valence-corrected chi connectivity index (χ2v) is 8.59. The molecular formula is C18H25N3OS. The highest BCUT2D eigenvalue weighted by Gasteiger charge is 2.23. The van der Waals surface area contributed by atoms with E-state index in [2.05, 4.69) is 23.7 Å². The molecule has 0 spiro atoms. The summed E-state index contributed by atoms with van der Waals surface area (Å²) in [6.07, 6.45) is 5.82. The number of fused-ring (bicyclic) bond motifs is 3. The van der Waals surface area contributed by atoms with Gasteiger partial charge in [-0.25, -0.2) is 4.98 Å². The fraction of sp³-hybridized carbons (Fsp3) is 0.667. The van der Waals surface area contributed by atoms with Crippen molar-refractivity contribution in [3.8, 4) is 0 Å². The molecule has 4 rings (SSSR count). The van der Waals surface area contributed by atoms with E-state index in [0.29, 0.717) is 0 Å². The molecule has 0 bridgehead atoms. The average Bonchev–Trinajstić information content (AvgIpc) is 2.87. The van der Waals surface area contributed by atoms with Crippen molar-refractivity contribution in [1.82, 2.24) is 14.9 Å². The fourth-order valence-electron chi connectivity index (χ4n) is 3.90. The molecule has 1 aliphatic heterocycles. The third-order valence-corrected chi connectivity index (χ3v) is 6.61. The Kier molecular flexibility index (Phi) is 4.01. The monoisotopic (exact) mass is 331 g/mol. The lowest BCUT2D eigenvalue weighted by molar-refractivity contribution is 0.181. The first-order chi connectivity index (χ1) is 11.1. The smallest absolute Gasteiger partial charge is 0.259 e. The molecule has 1 saturated heterocycles. The lowest BCUT2D eigenvalue weighted by atomic mass is 9.89. The molecule has 1 unspecified atom stereocenters. The van der Waals surface area contributed by atoms with Crippen molar-refractivity contribution < 1.29 is 0 Å². The fourth-order valence-corrected chi connectivity index (χ4v) is 5.30. The van der Waals surface area contributed by atoms with Crippen molar-refractivity contribution in [2.24, 2.45) is 11.8 Å².